The molecule has 29 heavy (non-hydrogen) atoms. The van der Waals surface area contributed by atoms with E-state index in [9.17, 15) is 9.59 Å². The number of nitrogens with zero attached hydrogens (tertiary/aromatic N) is 5. The molecule has 1 saturated heterocycles. The molecular formula is C19H18N6O2S2. The second kappa shape index (κ2) is 6.60. The Kier molecular flexibility index (Phi) is 4.14. The lowest BCUT2D eigenvalue weighted by molar-refractivity contribution is -0.122. The molecule has 1 aromatic carbocycles. The maximum Gasteiger partial charge on any atom is 0.250 e. The van der Waals surface area contributed by atoms with Crippen LogP contribution in [0.5, 0.6) is 0 Å². The average molecular weight is 427 g/mol. The van der Waals surface area contributed by atoms with Gasteiger partial charge in [-0.15, -0.1) is 16.4 Å². The number of thiazole rings is 2. The van der Waals surface area contributed by atoms with Crippen molar-refractivity contribution in [1.29, 1.82) is 0 Å². The normalized spacial score (nSPS) is 17.0. The predicted molar refractivity (Wildman–Crippen MR) is 114 cm³/mol. The third-order valence-electron chi connectivity index (χ3n) is 5.17. The Balaban J connectivity index is 1.33. The molecule has 1 atom stereocenters. The van der Waals surface area contributed by atoms with E-state index in [1.165, 1.54) is 11.3 Å². The first-order valence-corrected chi connectivity index (χ1v) is 10.8. The van der Waals surface area contributed by atoms with E-state index in [1.807, 2.05) is 39.0 Å². The van der Waals surface area contributed by atoms with Crippen molar-refractivity contribution in [3.05, 3.63) is 33.8 Å². The van der Waals surface area contributed by atoms with Crippen LogP contribution in [0.15, 0.2) is 18.2 Å². The molecule has 0 radical (unpaired) electrons. The van der Waals surface area contributed by atoms with Gasteiger partial charge in [-0.25, -0.2) is 9.50 Å². The highest BCUT2D eigenvalue weighted by Crippen LogP contribution is 2.30. The lowest BCUT2D eigenvalue weighted by atomic mass is 10.1. The molecule has 2 amide bonds. The van der Waals surface area contributed by atoms with E-state index in [1.54, 1.807) is 20.8 Å². The summed E-state index contributed by atoms with van der Waals surface area (Å²) in [5.74, 6) is -0.477. The number of carbonyl (C=O) groups excluding carboxylic acids is 2. The first-order valence-electron chi connectivity index (χ1n) is 9.20. The fourth-order valence-electron chi connectivity index (χ4n) is 3.54. The van der Waals surface area contributed by atoms with Crippen molar-refractivity contribution < 1.29 is 9.59 Å². The zero-order chi connectivity index (χ0) is 20.3. The zero-order valence-corrected chi connectivity index (χ0v) is 17.7. The van der Waals surface area contributed by atoms with Crippen LogP contribution in [-0.4, -0.2) is 37.9 Å². The van der Waals surface area contributed by atoms with E-state index in [0.29, 0.717) is 6.54 Å². The van der Waals surface area contributed by atoms with Crippen LogP contribution in [0.25, 0.3) is 15.2 Å². The van der Waals surface area contributed by atoms with Gasteiger partial charge in [0.15, 0.2) is 0 Å². The van der Waals surface area contributed by atoms with E-state index in [4.69, 9.17) is 0 Å². The number of benzene rings is 1. The maximum absolute atomic E-state index is 12.7. The number of aryl methyl sites for hydroxylation is 3. The molecule has 5 rings (SSSR count). The highest BCUT2D eigenvalue weighted by atomic mass is 32.1. The predicted octanol–water partition coefficient (Wildman–Crippen LogP) is 3.32. The fourth-order valence-corrected chi connectivity index (χ4v) is 5.25. The summed E-state index contributed by atoms with van der Waals surface area (Å²) in [6, 6.07) is 5.80. The first-order chi connectivity index (χ1) is 13.9. The van der Waals surface area contributed by atoms with Crippen LogP contribution in [0.3, 0.4) is 0 Å². The van der Waals surface area contributed by atoms with Crippen LogP contribution in [0, 0.1) is 26.7 Å². The summed E-state index contributed by atoms with van der Waals surface area (Å²) in [4.78, 5) is 37.7. The summed E-state index contributed by atoms with van der Waals surface area (Å²) in [5, 5.41) is 8.11. The van der Waals surface area contributed by atoms with Crippen molar-refractivity contribution in [2.45, 2.75) is 27.2 Å². The molecule has 1 aliphatic heterocycles. The maximum atomic E-state index is 12.7. The number of amides is 2. The first kappa shape index (κ1) is 18.2. The van der Waals surface area contributed by atoms with Gasteiger partial charge in [0.1, 0.15) is 0 Å². The Bertz CT molecular complexity index is 1290. The lowest BCUT2D eigenvalue weighted by Crippen LogP contribution is -2.28. The van der Waals surface area contributed by atoms with Crippen LogP contribution in [0.4, 0.5) is 11.6 Å². The molecule has 0 spiro atoms. The number of aromatic nitrogens is 4. The van der Waals surface area contributed by atoms with Crippen LogP contribution in [-0.2, 0) is 9.59 Å². The summed E-state index contributed by atoms with van der Waals surface area (Å²) in [5.41, 5.74) is 2.65. The van der Waals surface area contributed by atoms with Crippen molar-refractivity contribution >= 4 is 61.3 Å². The van der Waals surface area contributed by atoms with Crippen LogP contribution >= 0.6 is 22.7 Å². The largest absolute Gasteiger partial charge is 0.312 e. The molecule has 4 aromatic rings. The van der Waals surface area contributed by atoms with E-state index in [-0.39, 0.29) is 24.2 Å². The minimum Gasteiger partial charge on any atom is -0.312 e. The number of hydrogen-bond acceptors (Lipinski definition) is 7. The third-order valence-corrected chi connectivity index (χ3v) is 7.17. The molecule has 1 fully saturated rings. The van der Waals surface area contributed by atoms with Crippen LogP contribution < -0.4 is 10.2 Å². The van der Waals surface area contributed by atoms with Crippen LogP contribution in [0.1, 0.15) is 22.0 Å². The number of rotatable bonds is 3. The van der Waals surface area contributed by atoms with Gasteiger partial charge in [0.25, 0.3) is 0 Å². The highest BCUT2D eigenvalue weighted by molar-refractivity contribution is 7.18. The monoisotopic (exact) mass is 426 g/mol. The van der Waals surface area contributed by atoms with Crippen molar-refractivity contribution in [3.8, 4) is 0 Å². The van der Waals surface area contributed by atoms with Gasteiger partial charge in [-0.2, -0.15) is 4.98 Å². The molecular weight excluding hydrogens is 408 g/mol. The summed E-state index contributed by atoms with van der Waals surface area (Å²) in [6.07, 6.45) is 0.167. The van der Waals surface area contributed by atoms with Gasteiger partial charge in [0.2, 0.25) is 22.7 Å². The third kappa shape index (κ3) is 3.08. The van der Waals surface area contributed by atoms with Crippen molar-refractivity contribution in [2.24, 2.45) is 5.92 Å². The number of anilines is 2. The molecule has 1 aliphatic rings. The molecule has 0 saturated carbocycles. The van der Waals surface area contributed by atoms with Gasteiger partial charge < -0.3 is 4.90 Å². The molecule has 148 valence electrons. The summed E-state index contributed by atoms with van der Waals surface area (Å²) in [6.45, 7) is 6.27. The number of fused-ring (bicyclic) bond motifs is 2. The van der Waals surface area contributed by atoms with E-state index >= 15 is 0 Å². The summed E-state index contributed by atoms with van der Waals surface area (Å²) < 4.78 is 2.82. The standard InChI is InChI=1S/C19H18N6O2S2/c1-9-10(2)28-19-22-18(23-25(9)19)21-17(27)12-6-16(26)24(8-12)13-4-5-15-14(7-13)20-11(3)29-15/h4-5,7,12H,6,8H2,1-3H3,(H,21,23,27). The highest BCUT2D eigenvalue weighted by Gasteiger charge is 2.35. The van der Waals surface area contributed by atoms with Crippen molar-refractivity contribution in [2.75, 3.05) is 16.8 Å². The smallest absolute Gasteiger partial charge is 0.250 e. The van der Waals surface area contributed by atoms with Gasteiger partial charge in [-0.05, 0) is 39.0 Å². The quantitative estimate of drug-likeness (QED) is 0.543. The van der Waals surface area contributed by atoms with Crippen molar-refractivity contribution in [3.63, 3.8) is 0 Å². The Morgan fingerprint density at radius 2 is 2.03 bits per heavy atom. The summed E-state index contributed by atoms with van der Waals surface area (Å²) >= 11 is 3.15. The molecule has 1 unspecified atom stereocenters. The Hall–Kier alpha value is -2.85. The van der Waals surface area contributed by atoms with Gasteiger partial charge in [0, 0.05) is 23.5 Å². The Labute approximate surface area is 174 Å². The Morgan fingerprint density at radius 1 is 1.21 bits per heavy atom. The second-order valence-corrected chi connectivity index (χ2v) is 9.57. The second-order valence-electron chi connectivity index (χ2n) is 7.15. The zero-order valence-electron chi connectivity index (χ0n) is 16.1. The van der Waals surface area contributed by atoms with Gasteiger partial charge in [-0.3, -0.25) is 14.9 Å². The van der Waals surface area contributed by atoms with Crippen molar-refractivity contribution in [1.82, 2.24) is 19.6 Å². The van der Waals surface area contributed by atoms with E-state index in [2.05, 4.69) is 20.4 Å². The lowest BCUT2D eigenvalue weighted by Gasteiger charge is -2.16. The molecule has 0 bridgehead atoms. The van der Waals surface area contributed by atoms with Gasteiger partial charge in [0.05, 0.1) is 26.8 Å². The number of nitrogens with one attached hydrogen (secondary N) is 1. The van der Waals surface area contributed by atoms with E-state index < -0.39 is 5.92 Å². The molecule has 0 aliphatic carbocycles. The topological polar surface area (TPSA) is 92.5 Å². The van der Waals surface area contributed by atoms with E-state index in [0.717, 1.165) is 36.4 Å². The molecule has 10 heteroatoms. The minimum absolute atomic E-state index is 0.0679. The summed E-state index contributed by atoms with van der Waals surface area (Å²) in [7, 11) is 0. The Morgan fingerprint density at radius 3 is 2.83 bits per heavy atom. The molecule has 4 heterocycles. The number of hydrogen-bond donors (Lipinski definition) is 1. The number of carbonyl (C=O) groups is 2. The van der Waals surface area contributed by atoms with Crippen LogP contribution in [0.2, 0.25) is 0 Å². The molecule has 3 aromatic heterocycles. The molecule has 8 nitrogen and oxygen atoms in total. The van der Waals surface area contributed by atoms with Gasteiger partial charge >= 0.3 is 0 Å². The average Bonchev–Trinajstić information content (AvgIpc) is 3.40. The fraction of sp³-hybridized carbons (Fsp3) is 0.316. The SMILES string of the molecule is Cc1nc2cc(N3CC(C(=O)Nc4nc5sc(C)c(C)n5n4)CC3=O)ccc2s1. The minimum atomic E-state index is -0.445. The molecule has 1 N–H and O–H groups in total. The van der Waals surface area contributed by atoms with Gasteiger partial charge in [-0.1, -0.05) is 11.3 Å².